The summed E-state index contributed by atoms with van der Waals surface area (Å²) >= 11 is 0. The number of hydrogen-bond donors (Lipinski definition) is 3. The number of carbonyl (C=O) groups excluding carboxylic acids is 2. The Morgan fingerprint density at radius 2 is 1.97 bits per heavy atom. The number of rotatable bonds is 7. The molecule has 31 heavy (non-hydrogen) atoms. The van der Waals surface area contributed by atoms with Gasteiger partial charge in [0.15, 0.2) is 11.4 Å². The van der Waals surface area contributed by atoms with Crippen molar-refractivity contribution in [1.82, 2.24) is 5.32 Å². The van der Waals surface area contributed by atoms with Crippen molar-refractivity contribution in [3.05, 3.63) is 48.0 Å². The zero-order chi connectivity index (χ0) is 22.6. The van der Waals surface area contributed by atoms with Crippen LogP contribution in [0.1, 0.15) is 39.7 Å². The van der Waals surface area contributed by atoms with Crippen molar-refractivity contribution in [1.29, 1.82) is 0 Å². The van der Waals surface area contributed by atoms with Crippen LogP contribution in [0.5, 0.6) is 0 Å². The van der Waals surface area contributed by atoms with Crippen LogP contribution < -0.4 is 5.32 Å². The van der Waals surface area contributed by atoms with Gasteiger partial charge in [-0.2, -0.15) is 0 Å². The normalized spacial score (nSPS) is 40.7. The average Bonchev–Trinajstić information content (AvgIpc) is 3.36. The molecule has 3 aliphatic rings. The number of fused-ring (bicyclic) bond motifs is 2. The van der Waals surface area contributed by atoms with E-state index in [4.69, 9.17) is 4.74 Å². The second-order valence-electron chi connectivity index (χ2n) is 9.80. The quantitative estimate of drug-likeness (QED) is 0.457. The van der Waals surface area contributed by atoms with Crippen molar-refractivity contribution in [3.63, 3.8) is 0 Å². The Bertz CT molecular complexity index is 883. The molecule has 0 unspecified atom stereocenters. The molecule has 2 saturated heterocycles. The first-order valence-electron chi connectivity index (χ1n) is 11.2. The SMILES string of the molecule is C[C@H](O)C(=O)[C@@H](C)C/C=C/[C@@H]1[C@@H]2O[C@]2(C)[C@@H](C)[C@H]2[C@H](Cc3ccccc3)NC(=O)[C@]21O. The van der Waals surface area contributed by atoms with Gasteiger partial charge in [0.25, 0.3) is 5.91 Å². The fourth-order valence-electron chi connectivity index (χ4n) is 5.81. The van der Waals surface area contributed by atoms with Gasteiger partial charge in [-0.25, -0.2) is 0 Å². The van der Waals surface area contributed by atoms with Crippen molar-refractivity contribution < 1.29 is 24.5 Å². The molecule has 1 aromatic carbocycles. The second kappa shape index (κ2) is 7.84. The lowest BCUT2D eigenvalue weighted by Gasteiger charge is -2.43. The van der Waals surface area contributed by atoms with E-state index in [1.807, 2.05) is 42.5 Å². The summed E-state index contributed by atoms with van der Waals surface area (Å²) in [5.41, 5.74) is -0.812. The monoisotopic (exact) mass is 427 g/mol. The maximum atomic E-state index is 13.1. The molecule has 2 aliphatic heterocycles. The maximum absolute atomic E-state index is 13.1. The van der Waals surface area contributed by atoms with Crippen molar-refractivity contribution in [2.24, 2.45) is 23.7 Å². The molecule has 0 radical (unpaired) electrons. The Hall–Kier alpha value is -2.02. The number of ketones is 1. The van der Waals surface area contributed by atoms with E-state index in [0.29, 0.717) is 12.8 Å². The highest BCUT2D eigenvalue weighted by atomic mass is 16.6. The summed E-state index contributed by atoms with van der Waals surface area (Å²) in [6, 6.07) is 9.81. The minimum Gasteiger partial charge on any atom is -0.386 e. The third-order valence-corrected chi connectivity index (χ3v) is 7.82. The number of aliphatic hydroxyl groups is 2. The van der Waals surface area contributed by atoms with Crippen LogP contribution in [0.15, 0.2) is 42.5 Å². The maximum Gasteiger partial charge on any atom is 0.253 e. The zero-order valence-corrected chi connectivity index (χ0v) is 18.6. The first-order chi connectivity index (χ1) is 14.6. The van der Waals surface area contributed by atoms with E-state index < -0.39 is 17.6 Å². The molecule has 1 aromatic rings. The van der Waals surface area contributed by atoms with E-state index >= 15 is 0 Å². The Morgan fingerprint density at radius 1 is 1.29 bits per heavy atom. The lowest BCUT2D eigenvalue weighted by atomic mass is 9.59. The first-order valence-corrected chi connectivity index (χ1v) is 11.2. The molecule has 1 aliphatic carbocycles. The van der Waals surface area contributed by atoms with E-state index in [2.05, 4.69) is 19.2 Å². The van der Waals surface area contributed by atoms with E-state index in [1.165, 1.54) is 6.92 Å². The molecular formula is C25H33NO5. The summed E-state index contributed by atoms with van der Waals surface area (Å²) in [4.78, 5) is 25.1. The molecule has 0 spiro atoms. The Kier molecular flexibility index (Phi) is 5.61. The van der Waals surface area contributed by atoms with Crippen LogP contribution in [0.3, 0.4) is 0 Å². The first kappa shape index (κ1) is 22.2. The molecule has 168 valence electrons. The van der Waals surface area contributed by atoms with Gasteiger partial charge < -0.3 is 20.3 Å². The molecule has 1 amide bonds. The van der Waals surface area contributed by atoms with Crippen LogP contribution in [0.25, 0.3) is 0 Å². The number of aliphatic hydroxyl groups excluding tert-OH is 1. The topological polar surface area (TPSA) is 99.2 Å². The van der Waals surface area contributed by atoms with Crippen molar-refractivity contribution in [2.75, 3.05) is 0 Å². The second-order valence-corrected chi connectivity index (χ2v) is 9.80. The van der Waals surface area contributed by atoms with Gasteiger partial charge >= 0.3 is 0 Å². The molecule has 3 fully saturated rings. The van der Waals surface area contributed by atoms with Gasteiger partial charge in [0.05, 0.1) is 11.7 Å². The minimum absolute atomic E-state index is 0.00977. The number of epoxide rings is 1. The predicted molar refractivity (Wildman–Crippen MR) is 116 cm³/mol. The van der Waals surface area contributed by atoms with Gasteiger partial charge in [0.2, 0.25) is 0 Å². The van der Waals surface area contributed by atoms with E-state index in [-0.39, 0.29) is 47.2 Å². The van der Waals surface area contributed by atoms with Crippen LogP contribution in [0.4, 0.5) is 0 Å². The summed E-state index contributed by atoms with van der Waals surface area (Å²) in [7, 11) is 0. The number of benzene rings is 1. The van der Waals surface area contributed by atoms with Crippen molar-refractivity contribution in [3.8, 4) is 0 Å². The number of amides is 1. The van der Waals surface area contributed by atoms with Gasteiger partial charge in [0, 0.05) is 23.8 Å². The summed E-state index contributed by atoms with van der Waals surface area (Å²) in [6.45, 7) is 7.37. The lowest BCUT2D eigenvalue weighted by molar-refractivity contribution is -0.148. The standard InChI is InChI=1S/C25H33NO5/c1-14(21(28)16(3)27)9-8-12-18-22-24(4,31-22)15(2)20-19(26-23(29)25(18,20)30)13-17-10-6-5-7-11-17/h5-8,10-12,14-16,18-20,22,27,30H,9,13H2,1-4H3,(H,26,29)/b12-8+/t14-,15-,16-,18+,19-,20-,22-,24+,25+/m0/s1. The Labute approximate surface area is 183 Å². The smallest absolute Gasteiger partial charge is 0.253 e. The highest BCUT2D eigenvalue weighted by molar-refractivity contribution is 5.90. The van der Waals surface area contributed by atoms with Crippen molar-refractivity contribution >= 4 is 11.7 Å². The van der Waals surface area contributed by atoms with Crippen LogP contribution in [0.2, 0.25) is 0 Å². The molecular weight excluding hydrogens is 394 g/mol. The molecule has 6 nitrogen and oxygen atoms in total. The molecule has 4 rings (SSSR count). The largest absolute Gasteiger partial charge is 0.386 e. The molecule has 1 saturated carbocycles. The molecule has 9 atom stereocenters. The Balaban J connectivity index is 1.59. The summed E-state index contributed by atoms with van der Waals surface area (Å²) in [5, 5.41) is 24.4. The number of carbonyl (C=O) groups is 2. The molecule has 0 bridgehead atoms. The fraction of sp³-hybridized carbons (Fsp3) is 0.600. The van der Waals surface area contributed by atoms with Crippen LogP contribution >= 0.6 is 0 Å². The van der Waals surface area contributed by atoms with Crippen molar-refractivity contribution in [2.45, 2.75) is 70.0 Å². The van der Waals surface area contributed by atoms with Crippen LogP contribution in [-0.4, -0.2) is 51.4 Å². The van der Waals surface area contributed by atoms with E-state index in [0.717, 1.165) is 5.56 Å². The number of nitrogens with one attached hydrogen (secondary N) is 1. The molecule has 6 heteroatoms. The number of Topliss-reactive ketones (excluding diaryl/α,β-unsaturated/α-hetero) is 1. The van der Waals surface area contributed by atoms with Gasteiger partial charge in [-0.3, -0.25) is 9.59 Å². The van der Waals surface area contributed by atoms with Gasteiger partial charge in [-0.15, -0.1) is 0 Å². The highest BCUT2D eigenvalue weighted by Crippen LogP contribution is 2.62. The minimum atomic E-state index is -1.55. The van der Waals surface area contributed by atoms with Crippen LogP contribution in [0, 0.1) is 23.7 Å². The van der Waals surface area contributed by atoms with Gasteiger partial charge in [-0.05, 0) is 38.2 Å². The summed E-state index contributed by atoms with van der Waals surface area (Å²) < 4.78 is 6.08. The third-order valence-electron chi connectivity index (χ3n) is 7.82. The van der Waals surface area contributed by atoms with E-state index in [1.54, 1.807) is 6.92 Å². The molecule has 3 N–H and O–H groups in total. The molecule has 0 aromatic heterocycles. The van der Waals surface area contributed by atoms with E-state index in [9.17, 15) is 19.8 Å². The Morgan fingerprint density at radius 3 is 2.61 bits per heavy atom. The molecule has 2 heterocycles. The lowest BCUT2D eigenvalue weighted by Crippen LogP contribution is -2.59. The number of hydrogen-bond acceptors (Lipinski definition) is 5. The highest BCUT2D eigenvalue weighted by Gasteiger charge is 2.76. The number of ether oxygens (including phenoxy) is 1. The number of allylic oxidation sites excluding steroid dienone is 1. The van der Waals surface area contributed by atoms with Crippen LogP contribution in [-0.2, 0) is 20.7 Å². The average molecular weight is 428 g/mol. The summed E-state index contributed by atoms with van der Waals surface area (Å²) in [6.07, 6.45) is 3.56. The van der Waals surface area contributed by atoms with Gasteiger partial charge in [-0.1, -0.05) is 56.3 Å². The zero-order valence-electron chi connectivity index (χ0n) is 18.6. The fourth-order valence-corrected chi connectivity index (χ4v) is 5.81. The van der Waals surface area contributed by atoms with Gasteiger partial charge in [0.1, 0.15) is 6.10 Å². The predicted octanol–water partition coefficient (Wildman–Crippen LogP) is 2.03. The third kappa shape index (κ3) is 3.55. The summed E-state index contributed by atoms with van der Waals surface area (Å²) in [5.74, 6) is -1.64.